The maximum Gasteiger partial charge on any atom is 0.289 e. The minimum Gasteiger partial charge on any atom is -0.494 e. The molecular weight excluding hydrogens is 430 g/mol. The summed E-state index contributed by atoms with van der Waals surface area (Å²) in [6.45, 7) is 2.51. The second kappa shape index (κ2) is 9.59. The van der Waals surface area contributed by atoms with E-state index in [2.05, 4.69) is 15.5 Å². The molecule has 156 valence electrons. The molecule has 3 aromatic rings. The summed E-state index contributed by atoms with van der Waals surface area (Å²) in [5, 5.41) is 22.5. The smallest absolute Gasteiger partial charge is 0.289 e. The molecule has 0 aliphatic carbocycles. The standard InChI is InChI=1S/C19H18ClN5O4S/c1-3-29-14-7-4-12(5-8-14)18-22-23-19(24(18)2)30-11-17(26)21-13-6-9-15(20)16(10-13)25(27)28/h4-10H,3,11H2,1-2H3,(H,21,26). The van der Waals surface area contributed by atoms with Crippen molar-refractivity contribution in [3.63, 3.8) is 0 Å². The number of aromatic nitrogens is 3. The van der Waals surface area contributed by atoms with E-state index < -0.39 is 4.92 Å². The number of ether oxygens (including phenoxy) is 1. The van der Waals surface area contributed by atoms with Gasteiger partial charge in [-0.15, -0.1) is 10.2 Å². The number of nitrogens with zero attached hydrogens (tertiary/aromatic N) is 4. The van der Waals surface area contributed by atoms with Gasteiger partial charge in [0, 0.05) is 24.4 Å². The Morgan fingerprint density at radius 3 is 2.67 bits per heavy atom. The molecule has 30 heavy (non-hydrogen) atoms. The largest absolute Gasteiger partial charge is 0.494 e. The first kappa shape index (κ1) is 21.6. The minimum absolute atomic E-state index is 0.00766. The van der Waals surface area contributed by atoms with E-state index in [1.807, 2.05) is 38.2 Å². The Bertz CT molecular complexity index is 1070. The number of nitrogens with one attached hydrogen (secondary N) is 1. The zero-order chi connectivity index (χ0) is 21.7. The molecule has 0 fully saturated rings. The van der Waals surface area contributed by atoms with Crippen LogP contribution in [0.3, 0.4) is 0 Å². The van der Waals surface area contributed by atoms with Crippen molar-refractivity contribution in [3.8, 4) is 17.1 Å². The number of carbonyl (C=O) groups excluding carboxylic acids is 1. The van der Waals surface area contributed by atoms with Gasteiger partial charge in [0.1, 0.15) is 10.8 Å². The Hall–Kier alpha value is -3.11. The number of hydrogen-bond donors (Lipinski definition) is 1. The maximum absolute atomic E-state index is 12.2. The molecule has 9 nitrogen and oxygen atoms in total. The minimum atomic E-state index is -0.602. The van der Waals surface area contributed by atoms with Crippen LogP contribution in [-0.2, 0) is 11.8 Å². The van der Waals surface area contributed by atoms with E-state index in [0.29, 0.717) is 23.3 Å². The lowest BCUT2D eigenvalue weighted by molar-refractivity contribution is -0.384. The second-order valence-electron chi connectivity index (χ2n) is 6.08. The molecule has 0 spiro atoms. The van der Waals surface area contributed by atoms with E-state index in [-0.39, 0.29) is 22.4 Å². The van der Waals surface area contributed by atoms with E-state index in [4.69, 9.17) is 16.3 Å². The Balaban J connectivity index is 1.63. The summed E-state index contributed by atoms with van der Waals surface area (Å²) in [6.07, 6.45) is 0. The van der Waals surface area contributed by atoms with Crippen molar-refractivity contribution < 1.29 is 14.5 Å². The van der Waals surface area contributed by atoms with Crippen LogP contribution in [0.4, 0.5) is 11.4 Å². The molecule has 3 rings (SSSR count). The molecule has 0 aliphatic rings. The van der Waals surface area contributed by atoms with E-state index >= 15 is 0 Å². The molecule has 2 aromatic carbocycles. The average Bonchev–Trinajstić information content (AvgIpc) is 3.09. The molecule has 0 atom stereocenters. The molecule has 0 aliphatic heterocycles. The Labute approximate surface area is 181 Å². The van der Waals surface area contributed by atoms with Crippen molar-refractivity contribution in [2.75, 3.05) is 17.7 Å². The second-order valence-corrected chi connectivity index (χ2v) is 7.43. The molecule has 0 unspecified atom stereocenters. The van der Waals surface area contributed by atoms with Crippen molar-refractivity contribution in [3.05, 3.63) is 57.6 Å². The third-order valence-corrected chi connectivity index (χ3v) is 5.36. The number of hydrogen-bond acceptors (Lipinski definition) is 7. The quantitative estimate of drug-likeness (QED) is 0.313. The summed E-state index contributed by atoms with van der Waals surface area (Å²) >= 11 is 6.99. The number of rotatable bonds is 8. The lowest BCUT2D eigenvalue weighted by Crippen LogP contribution is -2.14. The van der Waals surface area contributed by atoms with Crippen LogP contribution in [0, 0.1) is 10.1 Å². The lowest BCUT2D eigenvalue weighted by atomic mass is 10.2. The first-order valence-corrected chi connectivity index (χ1v) is 10.2. The van der Waals surface area contributed by atoms with Gasteiger partial charge in [-0.05, 0) is 43.3 Å². The molecular formula is C19H18ClN5O4S. The summed E-state index contributed by atoms with van der Waals surface area (Å²) in [7, 11) is 1.81. The summed E-state index contributed by atoms with van der Waals surface area (Å²) < 4.78 is 7.23. The fourth-order valence-electron chi connectivity index (χ4n) is 2.62. The number of benzene rings is 2. The third kappa shape index (κ3) is 5.08. The van der Waals surface area contributed by atoms with Crippen molar-refractivity contribution in [1.82, 2.24) is 14.8 Å². The molecule has 1 aromatic heterocycles. The fraction of sp³-hybridized carbons (Fsp3) is 0.211. The number of nitro benzene ring substituents is 1. The van der Waals surface area contributed by atoms with E-state index in [0.717, 1.165) is 11.3 Å². The van der Waals surface area contributed by atoms with E-state index in [9.17, 15) is 14.9 Å². The molecule has 0 bridgehead atoms. The predicted octanol–water partition coefficient (Wildman–Crippen LogP) is 4.17. The topological polar surface area (TPSA) is 112 Å². The van der Waals surface area contributed by atoms with Gasteiger partial charge in [0.25, 0.3) is 5.69 Å². The van der Waals surface area contributed by atoms with Gasteiger partial charge in [-0.2, -0.15) is 0 Å². The number of halogens is 1. The molecule has 11 heteroatoms. The highest BCUT2D eigenvalue weighted by molar-refractivity contribution is 7.99. The molecule has 1 heterocycles. The molecule has 0 saturated heterocycles. The van der Waals surface area contributed by atoms with Crippen molar-refractivity contribution in [2.45, 2.75) is 12.1 Å². The fourth-order valence-corrected chi connectivity index (χ4v) is 3.51. The number of nitro groups is 1. The van der Waals surface area contributed by atoms with Crippen LogP contribution in [-0.4, -0.2) is 38.0 Å². The van der Waals surface area contributed by atoms with Crippen LogP contribution in [0.15, 0.2) is 47.6 Å². The predicted molar refractivity (Wildman–Crippen MR) is 115 cm³/mol. The molecule has 1 amide bonds. The van der Waals surface area contributed by atoms with Crippen LogP contribution in [0.1, 0.15) is 6.92 Å². The maximum atomic E-state index is 12.2. The zero-order valence-electron chi connectivity index (χ0n) is 16.2. The highest BCUT2D eigenvalue weighted by Gasteiger charge is 2.16. The molecule has 1 N–H and O–H groups in total. The van der Waals surface area contributed by atoms with Gasteiger partial charge in [-0.3, -0.25) is 14.9 Å². The summed E-state index contributed by atoms with van der Waals surface area (Å²) in [5.74, 6) is 1.17. The van der Waals surface area contributed by atoms with Crippen LogP contribution >= 0.6 is 23.4 Å². The van der Waals surface area contributed by atoms with Crippen molar-refractivity contribution in [1.29, 1.82) is 0 Å². The Morgan fingerprint density at radius 1 is 1.27 bits per heavy atom. The van der Waals surface area contributed by atoms with E-state index in [1.54, 1.807) is 4.57 Å². The van der Waals surface area contributed by atoms with E-state index in [1.165, 1.54) is 30.0 Å². The third-order valence-electron chi connectivity index (χ3n) is 4.02. The van der Waals surface area contributed by atoms with Crippen LogP contribution in [0.2, 0.25) is 5.02 Å². The Morgan fingerprint density at radius 2 is 2.00 bits per heavy atom. The Kier molecular flexibility index (Phi) is 6.91. The number of thioether (sulfide) groups is 1. The molecule has 0 saturated carbocycles. The van der Waals surface area contributed by atoms with Gasteiger partial charge in [0.2, 0.25) is 5.91 Å². The van der Waals surface area contributed by atoms with Gasteiger partial charge >= 0.3 is 0 Å². The molecule has 0 radical (unpaired) electrons. The SMILES string of the molecule is CCOc1ccc(-c2nnc(SCC(=O)Nc3ccc(Cl)c([N+](=O)[O-])c3)n2C)cc1. The number of carbonyl (C=O) groups is 1. The van der Waals surface area contributed by atoms with Gasteiger partial charge in [0.05, 0.1) is 17.3 Å². The summed E-state index contributed by atoms with van der Waals surface area (Å²) in [6, 6.07) is 11.6. The van der Waals surface area contributed by atoms with Gasteiger partial charge < -0.3 is 14.6 Å². The summed E-state index contributed by atoms with van der Waals surface area (Å²) in [4.78, 5) is 22.6. The van der Waals surface area contributed by atoms with Crippen LogP contribution < -0.4 is 10.1 Å². The van der Waals surface area contributed by atoms with Gasteiger partial charge in [-0.1, -0.05) is 23.4 Å². The first-order valence-electron chi connectivity index (χ1n) is 8.88. The van der Waals surface area contributed by atoms with Gasteiger partial charge in [0.15, 0.2) is 11.0 Å². The van der Waals surface area contributed by atoms with Crippen LogP contribution in [0.5, 0.6) is 5.75 Å². The average molecular weight is 448 g/mol. The number of anilines is 1. The van der Waals surface area contributed by atoms with Crippen LogP contribution in [0.25, 0.3) is 11.4 Å². The normalized spacial score (nSPS) is 10.6. The summed E-state index contributed by atoms with van der Waals surface area (Å²) in [5.41, 5.74) is 0.901. The van der Waals surface area contributed by atoms with Gasteiger partial charge in [-0.25, -0.2) is 0 Å². The van der Waals surface area contributed by atoms with Crippen molar-refractivity contribution in [2.24, 2.45) is 7.05 Å². The highest BCUT2D eigenvalue weighted by atomic mass is 35.5. The first-order chi connectivity index (χ1) is 14.4. The monoisotopic (exact) mass is 447 g/mol. The lowest BCUT2D eigenvalue weighted by Gasteiger charge is -2.07. The number of amides is 1. The highest BCUT2D eigenvalue weighted by Crippen LogP contribution is 2.28. The zero-order valence-corrected chi connectivity index (χ0v) is 17.7. The van der Waals surface area contributed by atoms with Crippen molar-refractivity contribution >= 4 is 40.6 Å².